The zero-order valence-electron chi connectivity index (χ0n) is 13.2. The molecule has 3 aromatic rings. The molecule has 0 aliphatic heterocycles. The van der Waals surface area contributed by atoms with Gasteiger partial charge in [-0.3, -0.25) is 4.68 Å². The number of benzene rings is 2. The van der Waals surface area contributed by atoms with Crippen molar-refractivity contribution in [1.29, 1.82) is 0 Å². The third-order valence-electron chi connectivity index (χ3n) is 3.71. The van der Waals surface area contributed by atoms with Gasteiger partial charge in [-0.15, -0.1) is 0 Å². The van der Waals surface area contributed by atoms with E-state index < -0.39 is 5.97 Å². The Morgan fingerprint density at radius 3 is 2.52 bits per heavy atom. The summed E-state index contributed by atoms with van der Waals surface area (Å²) in [5.41, 5.74) is 2.11. The van der Waals surface area contributed by atoms with Gasteiger partial charge in [0.1, 0.15) is 11.4 Å². The summed E-state index contributed by atoms with van der Waals surface area (Å²) >= 11 is 12.2. The van der Waals surface area contributed by atoms with Crippen LogP contribution in [-0.2, 0) is 6.54 Å². The van der Waals surface area contributed by atoms with Gasteiger partial charge in [-0.1, -0.05) is 23.2 Å². The lowest BCUT2D eigenvalue weighted by atomic mass is 10.1. The zero-order chi connectivity index (χ0) is 18.0. The van der Waals surface area contributed by atoms with E-state index >= 15 is 0 Å². The molecule has 0 amide bonds. The van der Waals surface area contributed by atoms with Crippen LogP contribution in [-0.4, -0.2) is 28.0 Å². The second-order valence-corrected chi connectivity index (χ2v) is 6.19. The third-order valence-corrected chi connectivity index (χ3v) is 4.32. The number of carbonyl (C=O) groups is 1. The molecule has 0 aliphatic rings. The van der Waals surface area contributed by atoms with Crippen molar-refractivity contribution in [2.45, 2.75) is 6.54 Å². The normalized spacial score (nSPS) is 10.7. The first-order valence-corrected chi connectivity index (χ1v) is 8.13. The van der Waals surface area contributed by atoms with Gasteiger partial charge in [0.2, 0.25) is 0 Å². The van der Waals surface area contributed by atoms with E-state index in [9.17, 15) is 9.90 Å². The number of halogens is 2. The van der Waals surface area contributed by atoms with Crippen molar-refractivity contribution in [3.63, 3.8) is 0 Å². The minimum absolute atomic E-state index is 0.0712. The number of methoxy groups -OCH3 is 1. The summed E-state index contributed by atoms with van der Waals surface area (Å²) in [5, 5.41) is 14.9. The fraction of sp³-hybridized carbons (Fsp3) is 0.111. The highest BCUT2D eigenvalue weighted by molar-refractivity contribution is 6.33. The molecule has 2 aromatic carbocycles. The first-order valence-electron chi connectivity index (χ1n) is 7.37. The Morgan fingerprint density at radius 2 is 1.88 bits per heavy atom. The maximum absolute atomic E-state index is 11.6. The standard InChI is InChI=1S/C18H14Cl2N2O3/c1-25-14-5-2-11(3-6-14)16-9-17(18(23)24)22(21-16)10-12-8-13(19)4-7-15(12)20/h2-9H,10H2,1H3,(H,23,24). The van der Waals surface area contributed by atoms with Gasteiger partial charge >= 0.3 is 5.97 Å². The van der Waals surface area contributed by atoms with Crippen molar-refractivity contribution in [3.8, 4) is 17.0 Å². The fourth-order valence-electron chi connectivity index (χ4n) is 2.44. The van der Waals surface area contributed by atoms with Crippen LogP contribution in [0.3, 0.4) is 0 Å². The van der Waals surface area contributed by atoms with Crippen LogP contribution in [0.4, 0.5) is 0 Å². The van der Waals surface area contributed by atoms with E-state index in [0.29, 0.717) is 27.1 Å². The van der Waals surface area contributed by atoms with Crippen LogP contribution in [0.2, 0.25) is 10.0 Å². The number of nitrogens with zero attached hydrogens (tertiary/aromatic N) is 2. The predicted octanol–water partition coefficient (Wildman–Crippen LogP) is 4.61. The molecule has 5 nitrogen and oxygen atoms in total. The number of rotatable bonds is 5. The maximum Gasteiger partial charge on any atom is 0.354 e. The molecule has 0 radical (unpaired) electrons. The topological polar surface area (TPSA) is 64.3 Å². The summed E-state index contributed by atoms with van der Waals surface area (Å²) in [6.45, 7) is 0.206. The smallest absolute Gasteiger partial charge is 0.354 e. The van der Waals surface area contributed by atoms with Crippen molar-refractivity contribution >= 4 is 29.2 Å². The fourth-order valence-corrected chi connectivity index (χ4v) is 2.81. The molecule has 1 heterocycles. The lowest BCUT2D eigenvalue weighted by Gasteiger charge is -2.07. The number of ether oxygens (including phenoxy) is 1. The lowest BCUT2D eigenvalue weighted by molar-refractivity contribution is 0.0684. The number of aromatic nitrogens is 2. The Kier molecular flexibility index (Phi) is 4.97. The number of aromatic carboxylic acids is 1. The second kappa shape index (κ2) is 7.17. The van der Waals surface area contributed by atoms with Crippen LogP contribution >= 0.6 is 23.2 Å². The van der Waals surface area contributed by atoms with Crippen molar-refractivity contribution < 1.29 is 14.6 Å². The monoisotopic (exact) mass is 376 g/mol. The molecule has 0 bridgehead atoms. The van der Waals surface area contributed by atoms with E-state index in [-0.39, 0.29) is 12.2 Å². The van der Waals surface area contributed by atoms with Crippen LogP contribution in [0.15, 0.2) is 48.5 Å². The average molecular weight is 377 g/mol. The molecule has 7 heteroatoms. The van der Waals surface area contributed by atoms with E-state index in [1.54, 1.807) is 37.4 Å². The van der Waals surface area contributed by atoms with Crippen molar-refractivity contribution in [2.75, 3.05) is 7.11 Å². The Hall–Kier alpha value is -2.50. The van der Waals surface area contributed by atoms with E-state index in [1.165, 1.54) is 10.7 Å². The van der Waals surface area contributed by atoms with Gasteiger partial charge in [0, 0.05) is 15.6 Å². The molecule has 0 fully saturated rings. The first kappa shape index (κ1) is 17.3. The summed E-state index contributed by atoms with van der Waals surface area (Å²) < 4.78 is 6.53. The molecular formula is C18H14Cl2N2O3. The largest absolute Gasteiger partial charge is 0.497 e. The molecule has 0 saturated carbocycles. The minimum Gasteiger partial charge on any atom is -0.497 e. The molecule has 1 aromatic heterocycles. The summed E-state index contributed by atoms with van der Waals surface area (Å²) in [6, 6.07) is 13.8. The molecule has 1 N–H and O–H groups in total. The van der Waals surface area contributed by atoms with Crippen LogP contribution in [0, 0.1) is 0 Å². The van der Waals surface area contributed by atoms with Crippen LogP contribution < -0.4 is 4.74 Å². The third kappa shape index (κ3) is 3.78. The SMILES string of the molecule is COc1ccc(-c2cc(C(=O)O)n(Cc3cc(Cl)ccc3Cl)n2)cc1. The predicted molar refractivity (Wildman–Crippen MR) is 96.7 cm³/mol. The molecule has 128 valence electrons. The van der Waals surface area contributed by atoms with E-state index in [1.807, 2.05) is 12.1 Å². The molecule has 0 spiro atoms. The van der Waals surface area contributed by atoms with Gasteiger partial charge in [0.25, 0.3) is 0 Å². The van der Waals surface area contributed by atoms with Gasteiger partial charge < -0.3 is 9.84 Å². The number of carboxylic acids is 1. The summed E-state index contributed by atoms with van der Waals surface area (Å²) in [6.07, 6.45) is 0. The molecular weight excluding hydrogens is 363 g/mol. The van der Waals surface area contributed by atoms with Crippen molar-refractivity contribution in [1.82, 2.24) is 9.78 Å². The molecule has 3 rings (SSSR count). The molecule has 0 unspecified atom stereocenters. The molecule has 0 aliphatic carbocycles. The van der Waals surface area contributed by atoms with Gasteiger partial charge in [0.05, 0.1) is 19.3 Å². The van der Waals surface area contributed by atoms with Crippen molar-refractivity contribution in [3.05, 3.63) is 69.8 Å². The Labute approximate surface area is 154 Å². The van der Waals surface area contributed by atoms with E-state index in [0.717, 1.165) is 5.56 Å². The Balaban J connectivity index is 1.99. The Morgan fingerprint density at radius 1 is 1.16 bits per heavy atom. The summed E-state index contributed by atoms with van der Waals surface area (Å²) in [7, 11) is 1.58. The van der Waals surface area contributed by atoms with Crippen LogP contribution in [0.5, 0.6) is 5.75 Å². The highest BCUT2D eigenvalue weighted by atomic mass is 35.5. The number of hydrogen-bond donors (Lipinski definition) is 1. The molecule has 0 saturated heterocycles. The average Bonchev–Trinajstić information content (AvgIpc) is 3.02. The molecule has 0 atom stereocenters. The number of hydrogen-bond acceptors (Lipinski definition) is 3. The van der Waals surface area contributed by atoms with E-state index in [4.69, 9.17) is 27.9 Å². The second-order valence-electron chi connectivity index (χ2n) is 5.34. The molecule has 25 heavy (non-hydrogen) atoms. The van der Waals surface area contributed by atoms with Gasteiger partial charge in [-0.25, -0.2) is 4.79 Å². The van der Waals surface area contributed by atoms with Crippen LogP contribution in [0.25, 0.3) is 11.3 Å². The van der Waals surface area contributed by atoms with Crippen molar-refractivity contribution in [2.24, 2.45) is 0 Å². The number of carboxylic acid groups (broad SMARTS) is 1. The van der Waals surface area contributed by atoms with Crippen LogP contribution in [0.1, 0.15) is 16.1 Å². The quantitative estimate of drug-likeness (QED) is 0.705. The maximum atomic E-state index is 11.6. The first-order chi connectivity index (χ1) is 12.0. The van der Waals surface area contributed by atoms with Gasteiger partial charge in [-0.2, -0.15) is 5.10 Å². The highest BCUT2D eigenvalue weighted by Crippen LogP contribution is 2.25. The van der Waals surface area contributed by atoms with Gasteiger partial charge in [0.15, 0.2) is 0 Å². The minimum atomic E-state index is -1.06. The Bertz CT molecular complexity index is 921. The van der Waals surface area contributed by atoms with Gasteiger partial charge in [-0.05, 0) is 54.1 Å². The zero-order valence-corrected chi connectivity index (χ0v) is 14.8. The summed E-state index contributed by atoms with van der Waals surface area (Å²) in [4.78, 5) is 11.6. The summed E-state index contributed by atoms with van der Waals surface area (Å²) in [5.74, 6) is -0.349. The highest BCUT2D eigenvalue weighted by Gasteiger charge is 2.16. The van der Waals surface area contributed by atoms with E-state index in [2.05, 4.69) is 5.10 Å². The lowest BCUT2D eigenvalue weighted by Crippen LogP contribution is -2.11.